The molecule has 0 spiro atoms. The minimum absolute atomic E-state index is 0.107. The number of likely N-dealkylation sites (N-methyl/N-ethyl adjacent to an activating group) is 1. The number of fused-ring (bicyclic) bond motifs is 2. The number of para-hydroxylation sites is 2. The second kappa shape index (κ2) is 9.72. The summed E-state index contributed by atoms with van der Waals surface area (Å²) in [6, 6.07) is 21.7. The Morgan fingerprint density at radius 2 is 1.83 bits per heavy atom. The topological polar surface area (TPSA) is 86.5 Å². The van der Waals surface area contributed by atoms with E-state index < -0.39 is 6.04 Å². The second-order valence-corrected chi connectivity index (χ2v) is 8.87. The molecule has 1 amide bonds. The number of hydrogen-bond donors (Lipinski definition) is 3. The summed E-state index contributed by atoms with van der Waals surface area (Å²) in [5.41, 5.74) is 11.2. The van der Waals surface area contributed by atoms with Gasteiger partial charge in [0.2, 0.25) is 5.91 Å². The molecule has 3 aromatic carbocycles. The van der Waals surface area contributed by atoms with E-state index in [4.69, 9.17) is 10.7 Å². The Bertz CT molecular complexity index is 1390. The van der Waals surface area contributed by atoms with Crippen LogP contribution in [0.2, 0.25) is 0 Å². The summed E-state index contributed by atoms with van der Waals surface area (Å²) < 4.78 is 14.6. The van der Waals surface area contributed by atoms with Gasteiger partial charge >= 0.3 is 0 Å². The predicted octanol–water partition coefficient (Wildman–Crippen LogP) is 3.65. The van der Waals surface area contributed by atoms with Gasteiger partial charge in [0.1, 0.15) is 5.82 Å². The molecule has 0 aliphatic carbocycles. The van der Waals surface area contributed by atoms with Crippen LogP contribution in [0.25, 0.3) is 10.9 Å². The lowest BCUT2D eigenvalue weighted by atomic mass is 10.00. The van der Waals surface area contributed by atoms with Crippen molar-refractivity contribution in [3.8, 4) is 0 Å². The SMILES string of the molecule is CN1c2ccccc2C(c2ccccc2F)=NCC1CNC(=O)C(N)Cc1c[nH]c2ccccc12. The van der Waals surface area contributed by atoms with Gasteiger partial charge in [-0.2, -0.15) is 0 Å². The maximum Gasteiger partial charge on any atom is 0.237 e. The summed E-state index contributed by atoms with van der Waals surface area (Å²) in [6.45, 7) is 0.784. The number of amides is 1. The van der Waals surface area contributed by atoms with E-state index in [0.29, 0.717) is 30.8 Å². The predicted molar refractivity (Wildman–Crippen MR) is 139 cm³/mol. The second-order valence-electron chi connectivity index (χ2n) is 8.87. The zero-order valence-electron chi connectivity index (χ0n) is 19.5. The maximum atomic E-state index is 14.6. The van der Waals surface area contributed by atoms with Crippen LogP contribution in [-0.4, -0.2) is 48.8 Å². The molecule has 178 valence electrons. The number of aromatic amines is 1. The zero-order valence-corrected chi connectivity index (χ0v) is 19.5. The summed E-state index contributed by atoms with van der Waals surface area (Å²) in [5, 5.41) is 4.08. The van der Waals surface area contributed by atoms with Crippen LogP contribution in [0.1, 0.15) is 16.7 Å². The lowest BCUT2D eigenvalue weighted by Gasteiger charge is -2.29. The molecule has 0 radical (unpaired) electrons. The number of aliphatic imine (C=N–C) groups is 1. The number of nitrogens with two attached hydrogens (primary N) is 1. The van der Waals surface area contributed by atoms with Crippen molar-refractivity contribution < 1.29 is 9.18 Å². The van der Waals surface area contributed by atoms with E-state index in [2.05, 4.69) is 15.2 Å². The van der Waals surface area contributed by atoms with Crippen LogP contribution >= 0.6 is 0 Å². The number of anilines is 1. The number of nitrogens with one attached hydrogen (secondary N) is 2. The minimum atomic E-state index is -0.671. The van der Waals surface area contributed by atoms with Crippen LogP contribution in [0.4, 0.5) is 10.1 Å². The van der Waals surface area contributed by atoms with Crippen LogP contribution in [-0.2, 0) is 11.2 Å². The Kier molecular flexibility index (Phi) is 6.33. The van der Waals surface area contributed by atoms with E-state index in [1.54, 1.807) is 12.1 Å². The monoisotopic (exact) mass is 469 g/mol. The van der Waals surface area contributed by atoms with Gasteiger partial charge in [-0.05, 0) is 36.2 Å². The summed E-state index contributed by atoms with van der Waals surface area (Å²) in [4.78, 5) is 23.0. The van der Waals surface area contributed by atoms with Gasteiger partial charge in [-0.3, -0.25) is 9.79 Å². The number of benzodiazepines with no additional fused rings is 1. The van der Waals surface area contributed by atoms with Crippen molar-refractivity contribution in [3.63, 3.8) is 0 Å². The van der Waals surface area contributed by atoms with Gasteiger partial charge in [-0.25, -0.2) is 4.39 Å². The van der Waals surface area contributed by atoms with Crippen molar-refractivity contribution in [2.24, 2.45) is 10.7 Å². The van der Waals surface area contributed by atoms with E-state index in [-0.39, 0.29) is 17.8 Å². The Morgan fingerprint density at radius 3 is 2.66 bits per heavy atom. The number of rotatable bonds is 6. The molecule has 0 saturated heterocycles. The highest BCUT2D eigenvalue weighted by Crippen LogP contribution is 2.28. The Morgan fingerprint density at radius 1 is 1.11 bits per heavy atom. The quantitative estimate of drug-likeness (QED) is 0.403. The molecule has 0 saturated carbocycles. The van der Waals surface area contributed by atoms with E-state index in [1.165, 1.54) is 6.07 Å². The molecule has 2 unspecified atom stereocenters. The molecule has 2 atom stereocenters. The molecule has 1 aliphatic heterocycles. The minimum Gasteiger partial charge on any atom is -0.367 e. The van der Waals surface area contributed by atoms with Crippen molar-refractivity contribution in [3.05, 3.63) is 102 Å². The average molecular weight is 470 g/mol. The van der Waals surface area contributed by atoms with Gasteiger partial charge in [-0.15, -0.1) is 0 Å². The number of nitrogens with zero attached hydrogens (tertiary/aromatic N) is 2. The maximum absolute atomic E-state index is 14.6. The number of benzene rings is 3. The van der Waals surface area contributed by atoms with Crippen LogP contribution in [0, 0.1) is 5.82 Å². The van der Waals surface area contributed by atoms with Crippen molar-refractivity contribution in [2.45, 2.75) is 18.5 Å². The molecule has 1 aliphatic rings. The van der Waals surface area contributed by atoms with Gasteiger partial charge in [0, 0.05) is 47.5 Å². The fraction of sp³-hybridized carbons (Fsp3) is 0.214. The Hall–Kier alpha value is -3.97. The molecule has 6 nitrogen and oxygen atoms in total. The Balaban J connectivity index is 1.31. The molecule has 4 aromatic rings. The molecular weight excluding hydrogens is 441 g/mol. The highest BCUT2D eigenvalue weighted by atomic mass is 19.1. The standard InChI is InChI=1S/C28H28FN5O/c1-34-19(17-33-28(35)24(30)14-18-15-31-25-12-6-3-8-20(18)25)16-32-27(21-9-2-5-11-23(21)29)22-10-4-7-13-26(22)34/h2-13,15,19,24,31H,14,16-17,30H2,1H3,(H,33,35). The fourth-order valence-electron chi connectivity index (χ4n) is 4.65. The average Bonchev–Trinajstić information content (AvgIpc) is 3.23. The number of carbonyl (C=O) groups excluding carboxylic acids is 1. The summed E-state index contributed by atoms with van der Waals surface area (Å²) in [5.74, 6) is -0.516. The molecular formula is C28H28FN5O. The van der Waals surface area contributed by atoms with Crippen LogP contribution in [0.5, 0.6) is 0 Å². The number of hydrogen-bond acceptors (Lipinski definition) is 4. The van der Waals surface area contributed by atoms with Gasteiger partial charge in [-0.1, -0.05) is 48.5 Å². The normalized spacial score (nSPS) is 16.4. The lowest BCUT2D eigenvalue weighted by molar-refractivity contribution is -0.122. The first-order valence-corrected chi connectivity index (χ1v) is 11.7. The Labute approximate surface area is 203 Å². The van der Waals surface area contributed by atoms with Crippen LogP contribution in [0.3, 0.4) is 0 Å². The van der Waals surface area contributed by atoms with Crippen molar-refractivity contribution in [1.29, 1.82) is 0 Å². The van der Waals surface area contributed by atoms with Gasteiger partial charge < -0.3 is 20.9 Å². The first kappa shape index (κ1) is 22.8. The summed E-state index contributed by atoms with van der Waals surface area (Å²) in [6.07, 6.45) is 2.35. The summed E-state index contributed by atoms with van der Waals surface area (Å²) in [7, 11) is 1.97. The first-order chi connectivity index (χ1) is 17.0. The highest BCUT2D eigenvalue weighted by molar-refractivity contribution is 6.16. The van der Waals surface area contributed by atoms with E-state index >= 15 is 0 Å². The molecule has 2 heterocycles. The van der Waals surface area contributed by atoms with Gasteiger partial charge in [0.15, 0.2) is 0 Å². The fourth-order valence-corrected chi connectivity index (χ4v) is 4.65. The molecule has 1 aromatic heterocycles. The zero-order chi connectivity index (χ0) is 24.4. The first-order valence-electron chi connectivity index (χ1n) is 11.7. The number of carbonyl (C=O) groups is 1. The van der Waals surface area contributed by atoms with Crippen molar-refractivity contribution in [2.75, 3.05) is 25.0 Å². The third-order valence-electron chi connectivity index (χ3n) is 6.64. The van der Waals surface area contributed by atoms with Crippen LogP contribution < -0.4 is 16.0 Å². The third kappa shape index (κ3) is 4.55. The molecule has 0 bridgehead atoms. The van der Waals surface area contributed by atoms with E-state index in [0.717, 1.165) is 27.7 Å². The van der Waals surface area contributed by atoms with Crippen molar-refractivity contribution >= 4 is 28.2 Å². The molecule has 0 fully saturated rings. The van der Waals surface area contributed by atoms with Crippen molar-refractivity contribution in [1.82, 2.24) is 10.3 Å². The van der Waals surface area contributed by atoms with Gasteiger partial charge in [0.25, 0.3) is 0 Å². The smallest absolute Gasteiger partial charge is 0.237 e. The number of H-pyrrole nitrogens is 1. The van der Waals surface area contributed by atoms with Crippen LogP contribution in [0.15, 0.2) is 84.0 Å². The van der Waals surface area contributed by atoms with Gasteiger partial charge in [0.05, 0.1) is 24.3 Å². The number of halogens is 1. The molecule has 5 rings (SSSR count). The summed E-state index contributed by atoms with van der Waals surface area (Å²) >= 11 is 0. The highest BCUT2D eigenvalue weighted by Gasteiger charge is 2.26. The largest absolute Gasteiger partial charge is 0.367 e. The lowest BCUT2D eigenvalue weighted by Crippen LogP contribution is -2.49. The molecule has 7 heteroatoms. The van der Waals surface area contributed by atoms with E-state index in [9.17, 15) is 9.18 Å². The van der Waals surface area contributed by atoms with E-state index in [1.807, 2.05) is 67.8 Å². The molecule has 4 N–H and O–H groups in total. The third-order valence-corrected chi connectivity index (χ3v) is 6.64. The molecule has 35 heavy (non-hydrogen) atoms. The number of aromatic nitrogens is 1.